The number of nitrogens with zero attached hydrogens (tertiary/aromatic N) is 2. The highest BCUT2D eigenvalue weighted by Crippen LogP contribution is 2.10. The summed E-state index contributed by atoms with van der Waals surface area (Å²) in [5.74, 6) is -0.530. The molecule has 0 bridgehead atoms. The Hall–Kier alpha value is -2.66. The number of halogens is 1. The van der Waals surface area contributed by atoms with Crippen LogP contribution >= 0.6 is 11.6 Å². The Bertz CT molecular complexity index is 855. The number of rotatable bonds is 4. The van der Waals surface area contributed by atoms with Gasteiger partial charge in [-0.05, 0) is 17.7 Å². The third kappa shape index (κ3) is 2.84. The van der Waals surface area contributed by atoms with Crippen molar-refractivity contribution in [2.45, 2.75) is 6.54 Å². The van der Waals surface area contributed by atoms with Gasteiger partial charge in [-0.3, -0.25) is 9.59 Å². The molecule has 6 heteroatoms. The molecule has 3 rings (SSSR count). The van der Waals surface area contributed by atoms with Gasteiger partial charge in [-0.25, -0.2) is 4.98 Å². The van der Waals surface area contributed by atoms with E-state index >= 15 is 0 Å². The lowest BCUT2D eigenvalue weighted by molar-refractivity contribution is 0.100. The van der Waals surface area contributed by atoms with Crippen molar-refractivity contribution in [3.8, 4) is 0 Å². The molecule has 0 spiro atoms. The summed E-state index contributed by atoms with van der Waals surface area (Å²) in [6, 6.07) is 12.4. The number of aromatic nitrogens is 2. The SMILES string of the molecule is O=C(c1ccco1)c1nc(Cl)cn(Cc2ccccc2)c1=O. The molecule has 0 fully saturated rings. The summed E-state index contributed by atoms with van der Waals surface area (Å²) in [7, 11) is 0. The molecule has 0 N–H and O–H groups in total. The largest absolute Gasteiger partial charge is 0.461 e. The highest BCUT2D eigenvalue weighted by atomic mass is 35.5. The number of furan rings is 1. The van der Waals surface area contributed by atoms with Crippen LogP contribution in [0.15, 0.2) is 64.1 Å². The van der Waals surface area contributed by atoms with E-state index in [0.717, 1.165) is 5.56 Å². The molecule has 0 amide bonds. The molecule has 22 heavy (non-hydrogen) atoms. The lowest BCUT2D eigenvalue weighted by Crippen LogP contribution is -2.28. The molecule has 2 heterocycles. The Kier molecular flexibility index (Phi) is 3.89. The minimum absolute atomic E-state index is 0.0538. The average Bonchev–Trinajstić information content (AvgIpc) is 3.05. The molecule has 110 valence electrons. The molecule has 5 nitrogen and oxygen atoms in total. The van der Waals surface area contributed by atoms with Crippen LogP contribution in [0, 0.1) is 0 Å². The summed E-state index contributed by atoms with van der Waals surface area (Å²) in [6.07, 6.45) is 2.77. The van der Waals surface area contributed by atoms with Gasteiger partial charge in [-0.15, -0.1) is 0 Å². The van der Waals surface area contributed by atoms with E-state index in [-0.39, 0.29) is 16.6 Å². The second-order valence-electron chi connectivity index (χ2n) is 4.64. The van der Waals surface area contributed by atoms with E-state index in [1.807, 2.05) is 30.3 Å². The van der Waals surface area contributed by atoms with E-state index in [2.05, 4.69) is 4.98 Å². The lowest BCUT2D eigenvalue weighted by Gasteiger charge is -2.08. The number of ketones is 1. The number of carbonyl (C=O) groups excluding carboxylic acids is 1. The maximum absolute atomic E-state index is 12.4. The fourth-order valence-corrected chi connectivity index (χ4v) is 2.28. The number of hydrogen-bond acceptors (Lipinski definition) is 4. The normalized spacial score (nSPS) is 10.6. The van der Waals surface area contributed by atoms with E-state index in [0.29, 0.717) is 6.54 Å². The summed E-state index contributed by atoms with van der Waals surface area (Å²) in [4.78, 5) is 28.6. The van der Waals surface area contributed by atoms with Gasteiger partial charge in [-0.1, -0.05) is 41.9 Å². The molecule has 0 atom stereocenters. The highest BCUT2D eigenvalue weighted by Gasteiger charge is 2.20. The average molecular weight is 315 g/mol. The Balaban J connectivity index is 2.03. The standard InChI is InChI=1S/C16H11ClN2O3/c17-13-10-19(9-11-5-2-1-3-6-11)16(21)14(18-13)15(20)12-7-4-8-22-12/h1-8,10H,9H2. The van der Waals surface area contributed by atoms with E-state index in [1.54, 1.807) is 6.07 Å². The number of benzene rings is 1. The Morgan fingerprint density at radius 1 is 1.18 bits per heavy atom. The van der Waals surface area contributed by atoms with Crippen molar-refractivity contribution in [1.29, 1.82) is 0 Å². The third-order valence-corrected chi connectivity index (χ3v) is 3.28. The molecule has 0 saturated heterocycles. The van der Waals surface area contributed by atoms with Crippen LogP contribution in [0.25, 0.3) is 0 Å². The summed E-state index contributed by atoms with van der Waals surface area (Å²) in [5.41, 5.74) is 0.163. The first-order valence-corrected chi connectivity index (χ1v) is 6.92. The Labute approximate surface area is 130 Å². The molecule has 0 radical (unpaired) electrons. The van der Waals surface area contributed by atoms with Crippen LogP contribution in [0.3, 0.4) is 0 Å². The van der Waals surface area contributed by atoms with Gasteiger partial charge in [0.2, 0.25) is 0 Å². The van der Waals surface area contributed by atoms with E-state index in [9.17, 15) is 9.59 Å². The van der Waals surface area contributed by atoms with E-state index in [1.165, 1.54) is 23.1 Å². The molecule has 0 aliphatic heterocycles. The van der Waals surface area contributed by atoms with Crippen molar-refractivity contribution < 1.29 is 9.21 Å². The molecular formula is C16H11ClN2O3. The monoisotopic (exact) mass is 314 g/mol. The van der Waals surface area contributed by atoms with Gasteiger partial charge < -0.3 is 8.98 Å². The molecule has 3 aromatic rings. The summed E-state index contributed by atoms with van der Waals surface area (Å²) in [6.45, 7) is 0.306. The zero-order valence-corrected chi connectivity index (χ0v) is 12.2. The third-order valence-electron chi connectivity index (χ3n) is 3.10. The van der Waals surface area contributed by atoms with Gasteiger partial charge in [0.1, 0.15) is 5.15 Å². The summed E-state index contributed by atoms with van der Waals surface area (Å²) in [5, 5.41) is 0.0745. The van der Waals surface area contributed by atoms with Crippen LogP contribution in [0.1, 0.15) is 21.8 Å². The predicted octanol–water partition coefficient (Wildman–Crippen LogP) is 2.77. The quantitative estimate of drug-likeness (QED) is 0.695. The second kappa shape index (κ2) is 5.99. The molecule has 0 unspecified atom stereocenters. The molecule has 2 aromatic heterocycles. The van der Waals surface area contributed by atoms with Crippen LogP contribution in [-0.2, 0) is 6.54 Å². The smallest absolute Gasteiger partial charge is 0.281 e. The fraction of sp³-hybridized carbons (Fsp3) is 0.0625. The van der Waals surface area contributed by atoms with Gasteiger partial charge >= 0.3 is 0 Å². The zero-order chi connectivity index (χ0) is 15.5. The van der Waals surface area contributed by atoms with Crippen LogP contribution in [0.2, 0.25) is 5.15 Å². The topological polar surface area (TPSA) is 65.1 Å². The van der Waals surface area contributed by atoms with Crippen molar-refractivity contribution in [3.63, 3.8) is 0 Å². The predicted molar refractivity (Wildman–Crippen MR) is 81.2 cm³/mol. The minimum atomic E-state index is -0.584. The fourth-order valence-electron chi connectivity index (χ4n) is 2.08. The number of carbonyl (C=O) groups is 1. The maximum Gasteiger partial charge on any atom is 0.281 e. The molecule has 0 aliphatic carbocycles. The first kappa shape index (κ1) is 14.3. The van der Waals surface area contributed by atoms with Crippen molar-refractivity contribution in [3.05, 3.63) is 87.4 Å². The van der Waals surface area contributed by atoms with Crippen LogP contribution in [0.4, 0.5) is 0 Å². The summed E-state index contributed by atoms with van der Waals surface area (Å²) >= 11 is 5.94. The highest BCUT2D eigenvalue weighted by molar-refractivity contribution is 6.29. The Morgan fingerprint density at radius 3 is 2.64 bits per heavy atom. The minimum Gasteiger partial charge on any atom is -0.461 e. The van der Waals surface area contributed by atoms with E-state index in [4.69, 9.17) is 16.0 Å². The molecule has 0 saturated carbocycles. The van der Waals surface area contributed by atoms with Gasteiger partial charge in [0, 0.05) is 6.20 Å². The maximum atomic E-state index is 12.4. The van der Waals surface area contributed by atoms with E-state index < -0.39 is 11.3 Å². The van der Waals surface area contributed by atoms with Gasteiger partial charge in [0.15, 0.2) is 11.5 Å². The second-order valence-corrected chi connectivity index (χ2v) is 5.02. The lowest BCUT2D eigenvalue weighted by atomic mass is 10.2. The van der Waals surface area contributed by atoms with Gasteiger partial charge in [-0.2, -0.15) is 0 Å². The van der Waals surface area contributed by atoms with Crippen LogP contribution < -0.4 is 5.56 Å². The van der Waals surface area contributed by atoms with Crippen LogP contribution in [-0.4, -0.2) is 15.3 Å². The zero-order valence-electron chi connectivity index (χ0n) is 11.4. The van der Waals surface area contributed by atoms with Crippen molar-refractivity contribution in [1.82, 2.24) is 9.55 Å². The Morgan fingerprint density at radius 2 is 1.95 bits per heavy atom. The first-order valence-electron chi connectivity index (χ1n) is 6.54. The molecular weight excluding hydrogens is 304 g/mol. The first-order chi connectivity index (χ1) is 10.6. The van der Waals surface area contributed by atoms with Gasteiger partial charge in [0.05, 0.1) is 12.8 Å². The van der Waals surface area contributed by atoms with Crippen molar-refractivity contribution >= 4 is 17.4 Å². The van der Waals surface area contributed by atoms with Gasteiger partial charge in [0.25, 0.3) is 11.3 Å². The molecule has 0 aliphatic rings. The van der Waals surface area contributed by atoms with Crippen molar-refractivity contribution in [2.24, 2.45) is 0 Å². The number of hydrogen-bond donors (Lipinski definition) is 0. The van der Waals surface area contributed by atoms with Crippen LogP contribution in [0.5, 0.6) is 0 Å². The van der Waals surface area contributed by atoms with Crippen molar-refractivity contribution in [2.75, 3.05) is 0 Å². The molecule has 1 aromatic carbocycles. The summed E-state index contributed by atoms with van der Waals surface area (Å²) < 4.78 is 6.38.